The SMILES string of the molecule is Cn1nnc2cc(C(=O)N3C[C@H](O)C[C@H]3c3ccc(F)cc3)ccc21. The molecule has 1 amide bonds. The molecule has 7 heteroatoms. The molecule has 25 heavy (non-hydrogen) atoms. The van der Waals surface area contributed by atoms with E-state index in [0.717, 1.165) is 11.1 Å². The Morgan fingerprint density at radius 1 is 1.24 bits per heavy atom. The van der Waals surface area contributed by atoms with E-state index in [1.807, 2.05) is 6.07 Å². The van der Waals surface area contributed by atoms with Gasteiger partial charge in [0.1, 0.15) is 11.3 Å². The van der Waals surface area contributed by atoms with E-state index < -0.39 is 6.10 Å². The number of benzene rings is 2. The Morgan fingerprint density at radius 3 is 2.76 bits per heavy atom. The largest absolute Gasteiger partial charge is 0.391 e. The Balaban J connectivity index is 1.67. The van der Waals surface area contributed by atoms with Crippen LogP contribution in [0.4, 0.5) is 4.39 Å². The molecule has 3 aromatic rings. The van der Waals surface area contributed by atoms with Gasteiger partial charge in [0.25, 0.3) is 5.91 Å². The van der Waals surface area contributed by atoms with Crippen LogP contribution >= 0.6 is 0 Å². The highest BCUT2D eigenvalue weighted by molar-refractivity contribution is 5.97. The number of likely N-dealkylation sites (tertiary alicyclic amines) is 1. The van der Waals surface area contributed by atoms with E-state index in [1.165, 1.54) is 12.1 Å². The maximum atomic E-state index is 13.2. The average Bonchev–Trinajstić information content (AvgIpc) is 3.18. The van der Waals surface area contributed by atoms with Crippen molar-refractivity contribution in [3.05, 3.63) is 59.4 Å². The van der Waals surface area contributed by atoms with Gasteiger partial charge in [0.15, 0.2) is 0 Å². The lowest BCUT2D eigenvalue weighted by atomic mass is 10.0. The van der Waals surface area contributed by atoms with Gasteiger partial charge < -0.3 is 10.0 Å². The zero-order valence-electron chi connectivity index (χ0n) is 13.6. The Bertz CT molecular complexity index is 938. The van der Waals surface area contributed by atoms with Gasteiger partial charge in [0, 0.05) is 19.2 Å². The highest BCUT2D eigenvalue weighted by Crippen LogP contribution is 2.33. The van der Waals surface area contributed by atoms with E-state index in [1.54, 1.807) is 40.9 Å². The van der Waals surface area contributed by atoms with Crippen LogP contribution in [0.2, 0.25) is 0 Å². The number of nitrogens with zero attached hydrogens (tertiary/aromatic N) is 4. The molecule has 2 atom stereocenters. The summed E-state index contributed by atoms with van der Waals surface area (Å²) in [4.78, 5) is 14.6. The molecule has 0 radical (unpaired) electrons. The summed E-state index contributed by atoms with van der Waals surface area (Å²) in [5.41, 5.74) is 2.79. The third-order valence-electron chi connectivity index (χ3n) is 4.65. The molecule has 0 aliphatic carbocycles. The Morgan fingerprint density at radius 2 is 2.00 bits per heavy atom. The summed E-state index contributed by atoms with van der Waals surface area (Å²) in [7, 11) is 1.79. The van der Waals surface area contributed by atoms with Crippen LogP contribution in [0.1, 0.15) is 28.4 Å². The van der Waals surface area contributed by atoms with Crippen LogP contribution in [0, 0.1) is 5.82 Å². The highest BCUT2D eigenvalue weighted by Gasteiger charge is 2.35. The van der Waals surface area contributed by atoms with E-state index in [9.17, 15) is 14.3 Å². The molecule has 1 N–H and O–H groups in total. The van der Waals surface area contributed by atoms with Crippen molar-refractivity contribution in [2.24, 2.45) is 7.05 Å². The van der Waals surface area contributed by atoms with Crippen LogP contribution in [0.5, 0.6) is 0 Å². The van der Waals surface area contributed by atoms with Crippen LogP contribution in [0.15, 0.2) is 42.5 Å². The number of β-amino-alcohol motifs (C(OH)–C–C–N with tert-alkyl or cyclic N) is 1. The first-order chi connectivity index (χ1) is 12.0. The lowest BCUT2D eigenvalue weighted by molar-refractivity contribution is 0.0716. The zero-order valence-corrected chi connectivity index (χ0v) is 13.6. The average molecular weight is 340 g/mol. The fourth-order valence-electron chi connectivity index (χ4n) is 3.38. The smallest absolute Gasteiger partial charge is 0.254 e. The van der Waals surface area contributed by atoms with Gasteiger partial charge in [-0.05, 0) is 42.3 Å². The lowest BCUT2D eigenvalue weighted by Crippen LogP contribution is -2.31. The number of aliphatic hydroxyl groups excluding tert-OH is 1. The molecule has 4 rings (SSSR count). The lowest BCUT2D eigenvalue weighted by Gasteiger charge is -2.25. The van der Waals surface area contributed by atoms with Gasteiger partial charge in [-0.25, -0.2) is 9.07 Å². The number of aliphatic hydroxyl groups is 1. The molecule has 1 aliphatic heterocycles. The molecule has 0 saturated carbocycles. The fraction of sp³-hybridized carbons (Fsp3) is 0.278. The van der Waals surface area contributed by atoms with Crippen molar-refractivity contribution in [1.82, 2.24) is 19.9 Å². The minimum Gasteiger partial charge on any atom is -0.391 e. The number of hydrogen-bond donors (Lipinski definition) is 1. The van der Waals surface area contributed by atoms with E-state index >= 15 is 0 Å². The van der Waals surface area contributed by atoms with Gasteiger partial charge in [0.05, 0.1) is 17.7 Å². The van der Waals surface area contributed by atoms with Crippen molar-refractivity contribution in [3.63, 3.8) is 0 Å². The van der Waals surface area contributed by atoms with Crippen molar-refractivity contribution >= 4 is 16.9 Å². The van der Waals surface area contributed by atoms with Crippen LogP contribution in [0.3, 0.4) is 0 Å². The Kier molecular flexibility index (Phi) is 3.73. The highest BCUT2D eigenvalue weighted by atomic mass is 19.1. The van der Waals surface area contributed by atoms with E-state index in [0.29, 0.717) is 17.5 Å². The second-order valence-corrected chi connectivity index (χ2v) is 6.33. The fourth-order valence-corrected chi connectivity index (χ4v) is 3.38. The zero-order chi connectivity index (χ0) is 17.6. The standard InChI is InChI=1S/C18H17FN4O2/c1-22-16-7-4-12(8-15(16)20-21-22)18(25)23-10-14(24)9-17(23)11-2-5-13(19)6-3-11/h2-8,14,17,24H,9-10H2,1H3/t14-,17+/m1/s1. The molecule has 1 fully saturated rings. The van der Waals surface area contributed by atoms with Crippen molar-refractivity contribution in [1.29, 1.82) is 0 Å². The number of carbonyl (C=O) groups excluding carboxylic acids is 1. The molecule has 0 bridgehead atoms. The van der Waals surface area contributed by atoms with Crippen molar-refractivity contribution in [2.75, 3.05) is 6.54 Å². The van der Waals surface area contributed by atoms with Gasteiger partial charge in [-0.1, -0.05) is 17.3 Å². The maximum absolute atomic E-state index is 13.2. The molecule has 1 aromatic heterocycles. The van der Waals surface area contributed by atoms with E-state index in [-0.39, 0.29) is 24.3 Å². The summed E-state index contributed by atoms with van der Waals surface area (Å²) in [6.07, 6.45) is -0.163. The molecule has 0 unspecified atom stereocenters. The topological polar surface area (TPSA) is 71.2 Å². The second-order valence-electron chi connectivity index (χ2n) is 6.33. The van der Waals surface area contributed by atoms with Gasteiger partial charge in [-0.15, -0.1) is 5.10 Å². The van der Waals surface area contributed by atoms with Gasteiger partial charge in [0.2, 0.25) is 0 Å². The van der Waals surface area contributed by atoms with E-state index in [4.69, 9.17) is 0 Å². The first-order valence-electron chi connectivity index (χ1n) is 8.07. The molecular weight excluding hydrogens is 323 g/mol. The molecule has 1 aliphatic rings. The molecule has 0 spiro atoms. The number of carbonyl (C=O) groups is 1. The Hall–Kier alpha value is -2.80. The number of fused-ring (bicyclic) bond motifs is 1. The van der Waals surface area contributed by atoms with Crippen molar-refractivity contribution < 1.29 is 14.3 Å². The third-order valence-corrected chi connectivity index (χ3v) is 4.65. The molecule has 1 saturated heterocycles. The third kappa shape index (κ3) is 2.76. The van der Waals surface area contributed by atoms with E-state index in [2.05, 4.69) is 10.3 Å². The predicted molar refractivity (Wildman–Crippen MR) is 89.3 cm³/mol. The summed E-state index contributed by atoms with van der Waals surface area (Å²) >= 11 is 0. The second kappa shape index (κ2) is 5.93. The van der Waals surface area contributed by atoms with Crippen LogP contribution < -0.4 is 0 Å². The Labute approximate surface area is 143 Å². The molecule has 6 nitrogen and oxygen atoms in total. The predicted octanol–water partition coefficient (Wildman–Crippen LogP) is 2.06. The van der Waals surface area contributed by atoms with Crippen molar-refractivity contribution in [2.45, 2.75) is 18.6 Å². The monoisotopic (exact) mass is 340 g/mol. The summed E-state index contributed by atoms with van der Waals surface area (Å²) in [5, 5.41) is 18.0. The number of hydrogen-bond acceptors (Lipinski definition) is 4. The number of aryl methyl sites for hydroxylation is 1. The minimum absolute atomic E-state index is 0.182. The first-order valence-corrected chi connectivity index (χ1v) is 8.07. The number of aromatic nitrogens is 3. The molecular formula is C18H17FN4O2. The van der Waals surface area contributed by atoms with Crippen LogP contribution in [-0.4, -0.2) is 43.6 Å². The number of rotatable bonds is 2. The van der Waals surface area contributed by atoms with Crippen LogP contribution in [0.25, 0.3) is 11.0 Å². The van der Waals surface area contributed by atoms with Crippen molar-refractivity contribution in [3.8, 4) is 0 Å². The summed E-state index contributed by atoms with van der Waals surface area (Å²) in [6.45, 7) is 0.249. The quantitative estimate of drug-likeness (QED) is 0.775. The number of amides is 1. The summed E-state index contributed by atoms with van der Waals surface area (Å²) in [5.74, 6) is -0.508. The number of halogens is 1. The van der Waals surface area contributed by atoms with Gasteiger partial charge in [-0.2, -0.15) is 0 Å². The molecule has 2 aromatic carbocycles. The normalized spacial score (nSPS) is 20.4. The molecule has 2 heterocycles. The summed E-state index contributed by atoms with van der Waals surface area (Å²) in [6, 6.07) is 11.0. The maximum Gasteiger partial charge on any atom is 0.254 e. The minimum atomic E-state index is -0.598. The van der Waals surface area contributed by atoms with Gasteiger partial charge in [-0.3, -0.25) is 4.79 Å². The van der Waals surface area contributed by atoms with Crippen LogP contribution in [-0.2, 0) is 7.05 Å². The first kappa shape index (κ1) is 15.7. The molecule has 128 valence electrons. The summed E-state index contributed by atoms with van der Waals surface area (Å²) < 4.78 is 14.8. The van der Waals surface area contributed by atoms with Gasteiger partial charge >= 0.3 is 0 Å².